The van der Waals surface area contributed by atoms with Crippen LogP contribution in [0.3, 0.4) is 0 Å². The van der Waals surface area contributed by atoms with E-state index in [0.29, 0.717) is 13.2 Å². The van der Waals surface area contributed by atoms with E-state index < -0.39 is 20.0 Å². The Kier molecular flexibility index (Phi) is 7.12. The lowest BCUT2D eigenvalue weighted by Crippen LogP contribution is -2.31. The van der Waals surface area contributed by atoms with Gasteiger partial charge in [0.2, 0.25) is 20.0 Å². The maximum atomic E-state index is 11.2. The van der Waals surface area contributed by atoms with Crippen molar-refractivity contribution < 1.29 is 21.6 Å². The van der Waals surface area contributed by atoms with Crippen molar-refractivity contribution in [3.63, 3.8) is 0 Å². The maximum Gasteiger partial charge on any atom is 0.224 e. The van der Waals surface area contributed by atoms with Crippen LogP contribution in [0.2, 0.25) is 0 Å². The fraction of sp³-hybridized carbons (Fsp3) is 1.00. The van der Waals surface area contributed by atoms with Gasteiger partial charge in [-0.05, 0) is 12.8 Å². The zero-order valence-corrected chi connectivity index (χ0v) is 11.2. The Labute approximate surface area is 97.5 Å². The van der Waals surface area contributed by atoms with Gasteiger partial charge in [0.05, 0.1) is 12.0 Å². The molecule has 0 aliphatic carbocycles. The van der Waals surface area contributed by atoms with Gasteiger partial charge in [0, 0.05) is 13.2 Å². The third-order valence-corrected chi connectivity index (χ3v) is 4.68. The van der Waals surface area contributed by atoms with Crippen molar-refractivity contribution in [3.05, 3.63) is 0 Å². The van der Waals surface area contributed by atoms with E-state index in [-0.39, 0.29) is 12.2 Å². The fourth-order valence-electron chi connectivity index (χ4n) is 0.972. The fourth-order valence-corrected chi connectivity index (χ4v) is 3.65. The predicted octanol–water partition coefficient (Wildman–Crippen LogP) is 0.0722. The average molecular weight is 273 g/mol. The molecule has 16 heavy (non-hydrogen) atoms. The highest BCUT2D eigenvalue weighted by atomic mass is 32.3. The molecule has 0 aromatic rings. The molecule has 0 spiro atoms. The van der Waals surface area contributed by atoms with Crippen molar-refractivity contribution in [3.8, 4) is 0 Å². The average Bonchev–Trinajstić information content (AvgIpc) is 2.06. The van der Waals surface area contributed by atoms with Crippen LogP contribution in [0, 0.1) is 0 Å². The first kappa shape index (κ1) is 15.8. The molecule has 0 saturated heterocycles. The van der Waals surface area contributed by atoms with Crippen LogP contribution in [-0.4, -0.2) is 42.1 Å². The Hall–Kier alpha value is -0.180. The molecule has 0 radical (unpaired) electrons. The quantitative estimate of drug-likeness (QED) is 0.601. The Balaban J connectivity index is 3.76. The normalized spacial score (nSPS) is 12.9. The number of ether oxygens (including phenoxy) is 1. The van der Waals surface area contributed by atoms with Crippen LogP contribution in [0.1, 0.15) is 26.2 Å². The molecule has 98 valence electrons. The summed E-state index contributed by atoms with van der Waals surface area (Å²) in [5, 5.41) is 0. The molecule has 0 heterocycles. The van der Waals surface area contributed by atoms with E-state index in [1.54, 1.807) is 4.13 Å². The topological polar surface area (TPSA) is 89.5 Å². The van der Waals surface area contributed by atoms with E-state index in [9.17, 15) is 16.8 Å². The molecule has 0 aliphatic heterocycles. The number of rotatable bonds is 9. The lowest BCUT2D eigenvalue weighted by atomic mass is 10.4. The number of sulfonamides is 2. The van der Waals surface area contributed by atoms with E-state index in [0.717, 1.165) is 19.1 Å². The second-order valence-electron chi connectivity index (χ2n) is 3.49. The van der Waals surface area contributed by atoms with E-state index in [2.05, 4.69) is 0 Å². The van der Waals surface area contributed by atoms with Crippen LogP contribution in [0.4, 0.5) is 0 Å². The van der Waals surface area contributed by atoms with Gasteiger partial charge in [-0.1, -0.05) is 13.3 Å². The minimum atomic E-state index is -3.75. The molecule has 0 aromatic heterocycles. The highest BCUT2D eigenvalue weighted by Crippen LogP contribution is 1.94. The van der Waals surface area contributed by atoms with Crippen molar-refractivity contribution in [2.45, 2.75) is 26.2 Å². The van der Waals surface area contributed by atoms with Crippen molar-refractivity contribution in [2.75, 3.05) is 25.2 Å². The van der Waals surface area contributed by atoms with Gasteiger partial charge in [-0.15, -0.1) is 4.13 Å². The van der Waals surface area contributed by atoms with Gasteiger partial charge in [0.25, 0.3) is 0 Å². The van der Waals surface area contributed by atoms with Gasteiger partial charge < -0.3 is 4.74 Å². The van der Waals surface area contributed by atoms with Crippen LogP contribution >= 0.6 is 0 Å². The van der Waals surface area contributed by atoms with Crippen molar-refractivity contribution in [2.24, 2.45) is 0 Å². The first-order chi connectivity index (χ1) is 7.27. The molecule has 0 fully saturated rings. The molecule has 1 N–H and O–H groups in total. The Bertz CT molecular complexity index is 373. The SMILES string of the molecule is CCCCOCCCS(=O)(=O)NS(C)(=O)=O. The molecular formula is C8H19NO5S2. The van der Waals surface area contributed by atoms with E-state index in [1.807, 2.05) is 6.92 Å². The number of hydrogen-bond acceptors (Lipinski definition) is 5. The van der Waals surface area contributed by atoms with Gasteiger partial charge in [-0.3, -0.25) is 0 Å². The maximum absolute atomic E-state index is 11.2. The van der Waals surface area contributed by atoms with E-state index in [4.69, 9.17) is 4.74 Å². The van der Waals surface area contributed by atoms with Crippen LogP contribution in [0.15, 0.2) is 0 Å². The van der Waals surface area contributed by atoms with Gasteiger partial charge in [-0.25, -0.2) is 16.8 Å². The molecule has 8 heteroatoms. The monoisotopic (exact) mass is 273 g/mol. The second-order valence-corrected chi connectivity index (χ2v) is 7.34. The molecule has 6 nitrogen and oxygen atoms in total. The summed E-state index contributed by atoms with van der Waals surface area (Å²) >= 11 is 0. The minimum absolute atomic E-state index is 0.244. The summed E-state index contributed by atoms with van der Waals surface area (Å²) in [6.07, 6.45) is 3.05. The molecule has 0 bridgehead atoms. The number of hydrogen-bond donors (Lipinski definition) is 1. The first-order valence-corrected chi connectivity index (χ1v) is 8.60. The van der Waals surface area contributed by atoms with Crippen LogP contribution in [0.5, 0.6) is 0 Å². The standard InChI is InChI=1S/C8H19NO5S2/c1-3-4-6-14-7-5-8-16(12,13)9-15(2,10)11/h9H,3-8H2,1-2H3. The van der Waals surface area contributed by atoms with Crippen LogP contribution in [-0.2, 0) is 24.8 Å². The molecule has 0 aromatic carbocycles. The van der Waals surface area contributed by atoms with Gasteiger partial charge in [-0.2, -0.15) is 0 Å². The second kappa shape index (κ2) is 7.21. The Morgan fingerprint density at radius 3 is 2.12 bits per heavy atom. The first-order valence-electron chi connectivity index (χ1n) is 5.06. The third-order valence-electron chi connectivity index (χ3n) is 1.62. The van der Waals surface area contributed by atoms with Gasteiger partial charge >= 0.3 is 0 Å². The summed E-state index contributed by atoms with van der Waals surface area (Å²) < 4.78 is 50.5. The summed E-state index contributed by atoms with van der Waals surface area (Å²) in [7, 11) is -7.46. The summed E-state index contributed by atoms with van der Waals surface area (Å²) in [6.45, 7) is 2.96. The van der Waals surface area contributed by atoms with Crippen molar-refractivity contribution in [1.82, 2.24) is 4.13 Å². The molecule has 0 rings (SSSR count). The van der Waals surface area contributed by atoms with E-state index >= 15 is 0 Å². The van der Waals surface area contributed by atoms with E-state index in [1.165, 1.54) is 0 Å². The summed E-state index contributed by atoms with van der Waals surface area (Å²) in [6, 6.07) is 0. The summed E-state index contributed by atoms with van der Waals surface area (Å²) in [4.78, 5) is 0. The summed E-state index contributed by atoms with van der Waals surface area (Å²) in [5.41, 5.74) is 0. The number of nitrogens with one attached hydrogen (secondary N) is 1. The number of unbranched alkanes of at least 4 members (excludes halogenated alkanes) is 1. The van der Waals surface area contributed by atoms with Crippen LogP contribution in [0.25, 0.3) is 0 Å². The van der Waals surface area contributed by atoms with Gasteiger partial charge in [0.15, 0.2) is 0 Å². The smallest absolute Gasteiger partial charge is 0.224 e. The molecule has 0 aliphatic rings. The zero-order valence-electron chi connectivity index (χ0n) is 9.60. The highest BCUT2D eigenvalue weighted by Gasteiger charge is 2.15. The molecule has 0 unspecified atom stereocenters. The van der Waals surface area contributed by atoms with Gasteiger partial charge in [0.1, 0.15) is 0 Å². The lowest BCUT2D eigenvalue weighted by molar-refractivity contribution is 0.132. The highest BCUT2D eigenvalue weighted by molar-refractivity contribution is 8.04. The van der Waals surface area contributed by atoms with Crippen molar-refractivity contribution in [1.29, 1.82) is 0 Å². The molecule has 0 saturated carbocycles. The summed E-state index contributed by atoms with van der Waals surface area (Å²) in [5.74, 6) is -0.244. The van der Waals surface area contributed by atoms with Crippen molar-refractivity contribution >= 4 is 20.0 Å². The molecule has 0 amide bonds. The Morgan fingerprint density at radius 2 is 1.62 bits per heavy atom. The molecule has 0 atom stereocenters. The van der Waals surface area contributed by atoms with Crippen LogP contribution < -0.4 is 4.13 Å². The Morgan fingerprint density at radius 1 is 1.06 bits per heavy atom. The largest absolute Gasteiger partial charge is 0.381 e. The zero-order chi connectivity index (χ0) is 12.7. The minimum Gasteiger partial charge on any atom is -0.381 e. The lowest BCUT2D eigenvalue weighted by Gasteiger charge is -2.05. The third kappa shape index (κ3) is 10.3. The predicted molar refractivity (Wildman–Crippen MR) is 62.1 cm³/mol. The molecular weight excluding hydrogens is 254 g/mol.